The van der Waals surface area contributed by atoms with Crippen LogP contribution in [0.5, 0.6) is 0 Å². The van der Waals surface area contributed by atoms with Crippen LogP contribution in [-0.2, 0) is 10.2 Å². The highest BCUT2D eigenvalue weighted by molar-refractivity contribution is 6.30. The first kappa shape index (κ1) is 24.9. The van der Waals surface area contributed by atoms with E-state index in [0.717, 1.165) is 43.7 Å². The maximum Gasteiger partial charge on any atom is 0.406 e. The van der Waals surface area contributed by atoms with Crippen molar-refractivity contribution in [2.75, 3.05) is 26.2 Å². The highest BCUT2D eigenvalue weighted by Crippen LogP contribution is 2.50. The number of nitrogens with one attached hydrogen (secondary N) is 1. The van der Waals surface area contributed by atoms with E-state index < -0.39 is 28.3 Å². The number of hydrogen-bond donors (Lipinski definition) is 1. The van der Waals surface area contributed by atoms with E-state index in [0.29, 0.717) is 19.4 Å². The van der Waals surface area contributed by atoms with E-state index in [9.17, 15) is 26.7 Å². The van der Waals surface area contributed by atoms with Crippen molar-refractivity contribution in [3.63, 3.8) is 0 Å². The first-order chi connectivity index (χ1) is 16.0. The van der Waals surface area contributed by atoms with Crippen LogP contribution in [0.1, 0.15) is 43.2 Å². The lowest BCUT2D eigenvalue weighted by Gasteiger charge is -2.50. The Morgan fingerprint density at radius 3 is 2.29 bits per heavy atom. The molecule has 2 aromatic carbocycles. The van der Waals surface area contributed by atoms with E-state index in [1.807, 2.05) is 0 Å². The molecule has 2 unspecified atom stereocenters. The minimum atomic E-state index is -4.90. The molecule has 9 heteroatoms. The molecule has 1 N–H and O–H groups in total. The van der Waals surface area contributed by atoms with Gasteiger partial charge in [-0.05, 0) is 73.5 Å². The van der Waals surface area contributed by atoms with Crippen molar-refractivity contribution in [3.8, 4) is 0 Å². The Morgan fingerprint density at radius 2 is 1.71 bits per heavy atom. The zero-order chi connectivity index (χ0) is 24.7. The molecule has 4 rings (SSSR count). The van der Waals surface area contributed by atoms with Gasteiger partial charge in [-0.2, -0.15) is 13.2 Å². The molecule has 2 heterocycles. The quantitative estimate of drug-likeness (QED) is 0.538. The van der Waals surface area contributed by atoms with Crippen LogP contribution in [0.15, 0.2) is 42.5 Å². The summed E-state index contributed by atoms with van der Waals surface area (Å²) in [6.45, 7) is 2.65. The largest absolute Gasteiger partial charge is 0.406 e. The van der Waals surface area contributed by atoms with Crippen LogP contribution in [-0.4, -0.2) is 43.2 Å². The topological polar surface area (TPSA) is 32.3 Å². The average Bonchev–Trinajstić information content (AvgIpc) is 2.81. The standard InChI is InChI=1S/C25H26ClF5N2O/c1-23(25(29,30)31,17-4-7-21(28)20(26)14-17)22(34)33-12-9-24(10-13-33)8-11-32-15-19(24)16-2-5-18(27)6-3-16/h2-7,14,19,32H,8-13,15H2,1H3. The van der Waals surface area contributed by atoms with Crippen LogP contribution < -0.4 is 5.32 Å². The number of rotatable bonds is 3. The number of carbonyl (C=O) groups excluding carboxylic acids is 1. The van der Waals surface area contributed by atoms with Crippen molar-refractivity contribution < 1.29 is 26.7 Å². The van der Waals surface area contributed by atoms with Crippen molar-refractivity contribution >= 4 is 17.5 Å². The second-order valence-electron chi connectivity index (χ2n) is 9.46. The summed E-state index contributed by atoms with van der Waals surface area (Å²) in [7, 11) is 0. The summed E-state index contributed by atoms with van der Waals surface area (Å²) in [5.74, 6) is -2.16. The SMILES string of the molecule is CC(C(=O)N1CCC2(CCNCC2c2ccc(F)cc2)CC1)(c1ccc(F)c(Cl)c1)C(F)(F)F. The van der Waals surface area contributed by atoms with Crippen LogP contribution in [0, 0.1) is 17.0 Å². The third-order valence-electron chi connectivity index (χ3n) is 7.70. The van der Waals surface area contributed by atoms with E-state index >= 15 is 0 Å². The monoisotopic (exact) mass is 500 g/mol. The third kappa shape index (κ3) is 4.31. The van der Waals surface area contributed by atoms with Gasteiger partial charge in [0.05, 0.1) is 5.02 Å². The minimum absolute atomic E-state index is 0.0732. The van der Waals surface area contributed by atoms with E-state index in [4.69, 9.17) is 11.6 Å². The van der Waals surface area contributed by atoms with Crippen molar-refractivity contribution in [2.45, 2.75) is 43.7 Å². The maximum absolute atomic E-state index is 14.3. The summed E-state index contributed by atoms with van der Waals surface area (Å²) < 4.78 is 69.9. The van der Waals surface area contributed by atoms with Gasteiger partial charge in [0.2, 0.25) is 5.91 Å². The number of amides is 1. The Kier molecular flexibility index (Phi) is 6.68. The Labute approximate surface area is 200 Å². The molecule has 2 atom stereocenters. The Morgan fingerprint density at radius 1 is 1.06 bits per heavy atom. The minimum Gasteiger partial charge on any atom is -0.342 e. The summed E-state index contributed by atoms with van der Waals surface area (Å²) in [5.41, 5.74) is -2.44. The summed E-state index contributed by atoms with van der Waals surface area (Å²) >= 11 is 5.75. The Balaban J connectivity index is 1.58. The molecular weight excluding hydrogens is 475 g/mol. The molecule has 0 saturated carbocycles. The molecule has 1 amide bonds. The van der Waals surface area contributed by atoms with E-state index in [1.165, 1.54) is 17.0 Å². The lowest BCUT2D eigenvalue weighted by atomic mass is 9.62. The summed E-state index contributed by atoms with van der Waals surface area (Å²) in [5, 5.41) is 2.90. The molecule has 3 nitrogen and oxygen atoms in total. The zero-order valence-electron chi connectivity index (χ0n) is 18.7. The zero-order valence-corrected chi connectivity index (χ0v) is 19.4. The predicted molar refractivity (Wildman–Crippen MR) is 120 cm³/mol. The molecular formula is C25H26ClF5N2O. The number of hydrogen-bond acceptors (Lipinski definition) is 2. The Bertz CT molecular complexity index is 1050. The summed E-state index contributed by atoms with van der Waals surface area (Å²) in [4.78, 5) is 14.6. The molecule has 0 aliphatic carbocycles. The third-order valence-corrected chi connectivity index (χ3v) is 7.99. The van der Waals surface area contributed by atoms with Gasteiger partial charge in [-0.3, -0.25) is 4.79 Å². The smallest absolute Gasteiger partial charge is 0.342 e. The first-order valence-corrected chi connectivity index (χ1v) is 11.6. The second kappa shape index (κ2) is 9.11. The molecule has 2 saturated heterocycles. The summed E-state index contributed by atoms with van der Waals surface area (Å²) in [6, 6.07) is 9.04. The predicted octanol–water partition coefficient (Wildman–Crippen LogP) is 5.82. The fourth-order valence-corrected chi connectivity index (χ4v) is 5.61. The molecule has 0 radical (unpaired) electrons. The number of carbonyl (C=O) groups is 1. The maximum atomic E-state index is 14.3. The van der Waals surface area contributed by atoms with E-state index in [2.05, 4.69) is 5.32 Å². The van der Waals surface area contributed by atoms with Gasteiger partial charge in [0, 0.05) is 25.6 Å². The molecule has 2 aliphatic rings. The molecule has 2 aromatic rings. The first-order valence-electron chi connectivity index (χ1n) is 11.3. The number of likely N-dealkylation sites (tertiary alicyclic amines) is 1. The number of halogens is 6. The van der Waals surface area contributed by atoms with Crippen molar-refractivity contribution in [2.24, 2.45) is 5.41 Å². The van der Waals surface area contributed by atoms with Crippen LogP contribution in [0.2, 0.25) is 5.02 Å². The highest BCUT2D eigenvalue weighted by Gasteiger charge is 2.60. The lowest BCUT2D eigenvalue weighted by molar-refractivity contribution is -0.198. The highest BCUT2D eigenvalue weighted by atomic mass is 35.5. The fraction of sp³-hybridized carbons (Fsp3) is 0.480. The van der Waals surface area contributed by atoms with E-state index in [-0.39, 0.29) is 35.8 Å². The van der Waals surface area contributed by atoms with Crippen molar-refractivity contribution in [1.29, 1.82) is 0 Å². The van der Waals surface area contributed by atoms with Crippen LogP contribution in [0.3, 0.4) is 0 Å². The number of alkyl halides is 3. The molecule has 34 heavy (non-hydrogen) atoms. The normalized spacial score (nSPS) is 22.4. The molecule has 2 aliphatic heterocycles. The number of piperidine rings is 2. The van der Waals surface area contributed by atoms with Gasteiger partial charge in [-0.1, -0.05) is 29.8 Å². The van der Waals surface area contributed by atoms with Crippen LogP contribution >= 0.6 is 11.6 Å². The van der Waals surface area contributed by atoms with Gasteiger partial charge in [-0.25, -0.2) is 8.78 Å². The second-order valence-corrected chi connectivity index (χ2v) is 9.87. The number of benzene rings is 2. The van der Waals surface area contributed by atoms with Gasteiger partial charge < -0.3 is 10.2 Å². The van der Waals surface area contributed by atoms with Crippen LogP contribution in [0.4, 0.5) is 22.0 Å². The van der Waals surface area contributed by atoms with Gasteiger partial charge in [0.15, 0.2) is 5.41 Å². The molecule has 2 fully saturated rings. The number of nitrogens with zero attached hydrogens (tertiary/aromatic N) is 1. The van der Waals surface area contributed by atoms with Crippen molar-refractivity contribution in [3.05, 3.63) is 70.2 Å². The van der Waals surface area contributed by atoms with Gasteiger partial charge in [0.1, 0.15) is 11.6 Å². The fourth-order valence-electron chi connectivity index (χ4n) is 5.43. The Hall–Kier alpha value is -2.19. The van der Waals surface area contributed by atoms with Crippen LogP contribution in [0.25, 0.3) is 0 Å². The molecule has 0 aromatic heterocycles. The van der Waals surface area contributed by atoms with Gasteiger partial charge in [0.25, 0.3) is 0 Å². The lowest BCUT2D eigenvalue weighted by Crippen LogP contribution is -2.57. The van der Waals surface area contributed by atoms with E-state index in [1.54, 1.807) is 12.1 Å². The summed E-state index contributed by atoms with van der Waals surface area (Å²) in [6.07, 6.45) is -2.99. The van der Waals surface area contributed by atoms with Crippen molar-refractivity contribution in [1.82, 2.24) is 10.2 Å². The van der Waals surface area contributed by atoms with Gasteiger partial charge in [-0.15, -0.1) is 0 Å². The molecule has 1 spiro atoms. The van der Waals surface area contributed by atoms with Gasteiger partial charge >= 0.3 is 6.18 Å². The average molecular weight is 501 g/mol. The molecule has 0 bridgehead atoms. The molecule has 184 valence electrons.